The van der Waals surface area contributed by atoms with E-state index in [9.17, 15) is 0 Å². The highest BCUT2D eigenvalue weighted by Crippen LogP contribution is 2.21. The predicted molar refractivity (Wildman–Crippen MR) is 106 cm³/mol. The topological polar surface area (TPSA) is 76.4 Å². The highest BCUT2D eigenvalue weighted by molar-refractivity contribution is 5.61. The molecule has 0 aliphatic carbocycles. The van der Waals surface area contributed by atoms with Crippen molar-refractivity contribution in [2.75, 3.05) is 18.5 Å². The molecule has 3 aromatic heterocycles. The number of nitrogens with one attached hydrogen (secondary N) is 2. The Bertz CT molecular complexity index is 922. The molecule has 1 fully saturated rings. The molecule has 27 heavy (non-hydrogen) atoms. The molecule has 0 amide bonds. The molecule has 1 aliphatic heterocycles. The average Bonchev–Trinajstić information content (AvgIpc) is 3.26. The van der Waals surface area contributed by atoms with E-state index in [4.69, 9.17) is 9.72 Å². The summed E-state index contributed by atoms with van der Waals surface area (Å²) < 4.78 is 7.75. The van der Waals surface area contributed by atoms with Gasteiger partial charge >= 0.3 is 0 Å². The third kappa shape index (κ3) is 4.09. The molecule has 7 heteroatoms. The van der Waals surface area contributed by atoms with Gasteiger partial charge in [-0.15, -0.1) is 0 Å². The van der Waals surface area contributed by atoms with Crippen molar-refractivity contribution < 1.29 is 4.74 Å². The van der Waals surface area contributed by atoms with E-state index in [1.165, 1.54) is 5.56 Å². The van der Waals surface area contributed by atoms with Crippen LogP contribution >= 0.6 is 0 Å². The number of fused-ring (bicyclic) bond motifs is 1. The van der Waals surface area contributed by atoms with Gasteiger partial charge in [0.25, 0.3) is 0 Å². The zero-order valence-electron chi connectivity index (χ0n) is 16.0. The maximum Gasteiger partial charge on any atom is 0.145 e. The molecule has 0 saturated carbocycles. The Morgan fingerprint density at radius 2 is 2.22 bits per heavy atom. The molecule has 2 unspecified atom stereocenters. The molecule has 2 atom stereocenters. The number of ether oxygens (including phenoxy) is 1. The molecule has 4 rings (SSSR count). The fraction of sp³-hybridized carbons (Fsp3) is 0.450. The molecule has 2 N–H and O–H groups in total. The molecular weight excluding hydrogens is 340 g/mol. The van der Waals surface area contributed by atoms with Crippen LogP contribution in [0.15, 0.2) is 36.9 Å². The van der Waals surface area contributed by atoms with Gasteiger partial charge in [0, 0.05) is 24.8 Å². The minimum Gasteiger partial charge on any atom is -0.377 e. The molecular formula is C20H26N6O. The standard InChI is InChI=1S/C20H26N6O/c1-13(2)27-12-16-7-15(8-22-16)24-19-11-21-9-17(25-19)18-10-23-20-6-14(3)4-5-26(18)20/h4-6,9-11,13,15-16,22H,7-8,12H2,1-3H3,(H,24,25). The third-order valence-electron chi connectivity index (χ3n) is 4.77. The van der Waals surface area contributed by atoms with Gasteiger partial charge in [-0.05, 0) is 44.9 Å². The number of hydrogen-bond donors (Lipinski definition) is 2. The van der Waals surface area contributed by atoms with Gasteiger partial charge in [-0.2, -0.15) is 0 Å². The van der Waals surface area contributed by atoms with Crippen molar-refractivity contribution in [2.24, 2.45) is 0 Å². The van der Waals surface area contributed by atoms with E-state index in [1.54, 1.807) is 12.4 Å². The largest absolute Gasteiger partial charge is 0.377 e. The van der Waals surface area contributed by atoms with Gasteiger partial charge in [0.05, 0.1) is 37.0 Å². The lowest BCUT2D eigenvalue weighted by Crippen LogP contribution is -2.28. The van der Waals surface area contributed by atoms with E-state index in [0.29, 0.717) is 12.1 Å². The van der Waals surface area contributed by atoms with E-state index in [1.807, 2.05) is 16.8 Å². The first kappa shape index (κ1) is 17.9. The first-order valence-electron chi connectivity index (χ1n) is 9.46. The lowest BCUT2D eigenvalue weighted by molar-refractivity contribution is 0.0648. The van der Waals surface area contributed by atoms with E-state index < -0.39 is 0 Å². The molecule has 1 aliphatic rings. The van der Waals surface area contributed by atoms with Gasteiger partial charge in [0.1, 0.15) is 17.2 Å². The molecule has 142 valence electrons. The van der Waals surface area contributed by atoms with Crippen LogP contribution in [0, 0.1) is 6.92 Å². The maximum atomic E-state index is 5.71. The van der Waals surface area contributed by atoms with E-state index >= 15 is 0 Å². The van der Waals surface area contributed by atoms with Crippen molar-refractivity contribution in [2.45, 2.75) is 45.4 Å². The van der Waals surface area contributed by atoms with Gasteiger partial charge in [0.15, 0.2) is 0 Å². The van der Waals surface area contributed by atoms with Crippen LogP contribution in [-0.2, 0) is 4.74 Å². The van der Waals surface area contributed by atoms with Crippen LogP contribution in [-0.4, -0.2) is 50.7 Å². The fourth-order valence-corrected chi connectivity index (χ4v) is 3.40. The molecule has 0 aromatic carbocycles. The number of rotatable bonds is 6. The second kappa shape index (κ2) is 7.62. The zero-order valence-corrected chi connectivity index (χ0v) is 16.0. The van der Waals surface area contributed by atoms with Crippen LogP contribution in [0.1, 0.15) is 25.8 Å². The van der Waals surface area contributed by atoms with E-state index in [-0.39, 0.29) is 6.10 Å². The Morgan fingerprint density at radius 3 is 3.07 bits per heavy atom. The van der Waals surface area contributed by atoms with Crippen molar-refractivity contribution in [1.29, 1.82) is 0 Å². The number of pyridine rings is 1. The van der Waals surface area contributed by atoms with Crippen LogP contribution in [0.3, 0.4) is 0 Å². The van der Waals surface area contributed by atoms with Gasteiger partial charge in [-0.1, -0.05) is 0 Å². The van der Waals surface area contributed by atoms with E-state index in [2.05, 4.69) is 53.5 Å². The van der Waals surface area contributed by atoms with Crippen molar-refractivity contribution in [3.05, 3.63) is 42.5 Å². The number of aromatic nitrogens is 4. The molecule has 0 spiro atoms. The van der Waals surface area contributed by atoms with Crippen molar-refractivity contribution in [3.63, 3.8) is 0 Å². The molecule has 7 nitrogen and oxygen atoms in total. The monoisotopic (exact) mass is 366 g/mol. The van der Waals surface area contributed by atoms with Crippen LogP contribution in [0.2, 0.25) is 0 Å². The summed E-state index contributed by atoms with van der Waals surface area (Å²) in [5, 5.41) is 7.00. The van der Waals surface area contributed by atoms with Crippen LogP contribution in [0.4, 0.5) is 5.82 Å². The SMILES string of the molecule is Cc1ccn2c(-c3cncc(NC4CNC(COC(C)C)C4)n3)cnc2c1. The third-order valence-corrected chi connectivity index (χ3v) is 4.77. The smallest absolute Gasteiger partial charge is 0.145 e. The number of hydrogen-bond acceptors (Lipinski definition) is 6. The highest BCUT2D eigenvalue weighted by atomic mass is 16.5. The Balaban J connectivity index is 1.47. The van der Waals surface area contributed by atoms with Gasteiger partial charge < -0.3 is 15.4 Å². The van der Waals surface area contributed by atoms with E-state index in [0.717, 1.165) is 42.4 Å². The summed E-state index contributed by atoms with van der Waals surface area (Å²) in [6.45, 7) is 7.82. The first-order chi connectivity index (χ1) is 13.1. The minimum absolute atomic E-state index is 0.260. The Morgan fingerprint density at radius 1 is 1.33 bits per heavy atom. The zero-order chi connectivity index (χ0) is 18.8. The van der Waals surface area contributed by atoms with Crippen molar-refractivity contribution >= 4 is 11.5 Å². The number of nitrogens with zero attached hydrogens (tertiary/aromatic N) is 4. The number of imidazole rings is 1. The van der Waals surface area contributed by atoms with Crippen LogP contribution in [0.25, 0.3) is 17.0 Å². The number of anilines is 1. The fourth-order valence-electron chi connectivity index (χ4n) is 3.40. The molecule has 0 bridgehead atoms. The van der Waals surface area contributed by atoms with Gasteiger partial charge in [-0.3, -0.25) is 9.38 Å². The predicted octanol–water partition coefficient (Wildman–Crippen LogP) is 2.67. The Kier molecular flexibility index (Phi) is 5.05. The lowest BCUT2D eigenvalue weighted by Gasteiger charge is -2.14. The van der Waals surface area contributed by atoms with Crippen molar-refractivity contribution in [3.8, 4) is 11.4 Å². The summed E-state index contributed by atoms with van der Waals surface area (Å²) in [4.78, 5) is 13.6. The van der Waals surface area contributed by atoms with Gasteiger partial charge in [0.2, 0.25) is 0 Å². The second-order valence-corrected chi connectivity index (χ2v) is 7.43. The Labute approximate surface area is 159 Å². The summed E-state index contributed by atoms with van der Waals surface area (Å²) in [5.41, 5.74) is 3.85. The highest BCUT2D eigenvalue weighted by Gasteiger charge is 2.24. The molecule has 1 saturated heterocycles. The normalized spacial score (nSPS) is 19.9. The Hall–Kier alpha value is -2.51. The average molecular weight is 366 g/mol. The van der Waals surface area contributed by atoms with Crippen molar-refractivity contribution in [1.82, 2.24) is 24.7 Å². The molecule has 4 heterocycles. The second-order valence-electron chi connectivity index (χ2n) is 7.43. The minimum atomic E-state index is 0.260. The summed E-state index contributed by atoms with van der Waals surface area (Å²) in [7, 11) is 0. The first-order valence-corrected chi connectivity index (χ1v) is 9.46. The molecule has 0 radical (unpaired) electrons. The van der Waals surface area contributed by atoms with Crippen LogP contribution in [0.5, 0.6) is 0 Å². The van der Waals surface area contributed by atoms with Gasteiger partial charge in [-0.25, -0.2) is 9.97 Å². The maximum absolute atomic E-state index is 5.71. The molecule has 3 aromatic rings. The summed E-state index contributed by atoms with van der Waals surface area (Å²) >= 11 is 0. The summed E-state index contributed by atoms with van der Waals surface area (Å²) in [6.07, 6.45) is 8.69. The summed E-state index contributed by atoms with van der Waals surface area (Å²) in [5.74, 6) is 0.784. The number of aryl methyl sites for hydroxylation is 1. The quantitative estimate of drug-likeness (QED) is 0.698. The lowest BCUT2D eigenvalue weighted by atomic mass is 10.2. The summed E-state index contributed by atoms with van der Waals surface area (Å²) in [6, 6.07) is 4.82. The van der Waals surface area contributed by atoms with Crippen LogP contribution < -0.4 is 10.6 Å².